The molecule has 0 bridgehead atoms. The fraction of sp³-hybridized carbons (Fsp3) is 0.231. The van der Waals surface area contributed by atoms with E-state index in [1.165, 1.54) is 23.5 Å². The first kappa shape index (κ1) is 12.6. The van der Waals surface area contributed by atoms with Gasteiger partial charge in [-0.15, -0.1) is 11.3 Å². The summed E-state index contributed by atoms with van der Waals surface area (Å²) in [4.78, 5) is 18.5. The van der Waals surface area contributed by atoms with Gasteiger partial charge in [0.2, 0.25) is 5.91 Å². The minimum atomic E-state index is -0.333. The average Bonchev–Trinajstić information content (AvgIpc) is 2.79. The average molecular weight is 297 g/mol. The number of carbonyl (C=O) groups excluding carboxylic acids is 1. The van der Waals surface area contributed by atoms with Gasteiger partial charge in [-0.25, -0.2) is 9.37 Å². The van der Waals surface area contributed by atoms with Gasteiger partial charge in [-0.3, -0.25) is 4.79 Å². The Morgan fingerprint density at radius 3 is 3.00 bits per heavy atom. The molecule has 0 spiro atoms. The molecule has 2 heterocycles. The number of hydrogen-bond acceptors (Lipinski definition) is 3. The number of nitrogens with zero attached hydrogens (tertiary/aromatic N) is 2. The molecule has 0 radical (unpaired) electrons. The summed E-state index contributed by atoms with van der Waals surface area (Å²) in [5.41, 5.74) is 1.65. The molecule has 1 aromatic carbocycles. The third kappa shape index (κ3) is 2.48. The number of carbonyl (C=O) groups is 1. The standard InChI is InChI=1S/C13H10ClFN2OS/c14-13-16-6-10(19-13)7-17-11-5-9(15)3-1-8(11)2-4-12(17)18/h1,3,5-6H,2,4,7H2. The molecule has 1 aromatic heterocycles. The smallest absolute Gasteiger partial charge is 0.227 e. The van der Waals surface area contributed by atoms with Crippen LogP contribution in [0.3, 0.4) is 0 Å². The van der Waals surface area contributed by atoms with Crippen LogP contribution < -0.4 is 4.90 Å². The van der Waals surface area contributed by atoms with E-state index < -0.39 is 0 Å². The van der Waals surface area contributed by atoms with E-state index in [1.807, 2.05) is 0 Å². The van der Waals surface area contributed by atoms with Gasteiger partial charge in [-0.2, -0.15) is 0 Å². The maximum absolute atomic E-state index is 13.4. The predicted molar refractivity (Wildman–Crippen MR) is 73.0 cm³/mol. The van der Waals surface area contributed by atoms with Gasteiger partial charge >= 0.3 is 0 Å². The Morgan fingerprint density at radius 2 is 2.26 bits per heavy atom. The van der Waals surface area contributed by atoms with Crippen molar-refractivity contribution in [3.63, 3.8) is 0 Å². The lowest BCUT2D eigenvalue weighted by atomic mass is 10.0. The number of benzene rings is 1. The van der Waals surface area contributed by atoms with Gasteiger partial charge in [0.25, 0.3) is 0 Å². The largest absolute Gasteiger partial charge is 0.307 e. The quantitative estimate of drug-likeness (QED) is 0.851. The SMILES string of the molecule is O=C1CCc2ccc(F)cc2N1Cc1cnc(Cl)s1. The summed E-state index contributed by atoms with van der Waals surface area (Å²) in [6, 6.07) is 4.58. The summed E-state index contributed by atoms with van der Waals surface area (Å²) < 4.78 is 13.8. The van der Waals surface area contributed by atoms with Crippen LogP contribution in [0, 0.1) is 5.82 Å². The molecule has 0 saturated carbocycles. The minimum absolute atomic E-state index is 0.00243. The van der Waals surface area contributed by atoms with E-state index in [-0.39, 0.29) is 11.7 Å². The summed E-state index contributed by atoms with van der Waals surface area (Å²) >= 11 is 7.11. The maximum Gasteiger partial charge on any atom is 0.227 e. The van der Waals surface area contributed by atoms with Crippen molar-refractivity contribution in [3.8, 4) is 0 Å². The van der Waals surface area contributed by atoms with E-state index in [0.29, 0.717) is 29.5 Å². The number of fused-ring (bicyclic) bond motifs is 1. The first-order valence-electron chi connectivity index (χ1n) is 5.82. The lowest BCUT2D eigenvalue weighted by Crippen LogP contribution is -2.34. The van der Waals surface area contributed by atoms with Crippen molar-refractivity contribution in [1.82, 2.24) is 4.98 Å². The van der Waals surface area contributed by atoms with Crippen LogP contribution in [0.1, 0.15) is 16.9 Å². The molecule has 3 nitrogen and oxygen atoms in total. The third-order valence-corrected chi connectivity index (χ3v) is 4.19. The van der Waals surface area contributed by atoms with Crippen LogP contribution in [-0.2, 0) is 17.8 Å². The van der Waals surface area contributed by atoms with Gasteiger partial charge in [0, 0.05) is 17.5 Å². The summed E-state index contributed by atoms with van der Waals surface area (Å²) in [5.74, 6) is -0.330. The monoisotopic (exact) mass is 296 g/mol. The van der Waals surface area contributed by atoms with Crippen molar-refractivity contribution < 1.29 is 9.18 Å². The number of anilines is 1. The first-order valence-corrected chi connectivity index (χ1v) is 7.02. The van der Waals surface area contributed by atoms with Crippen LogP contribution in [-0.4, -0.2) is 10.9 Å². The van der Waals surface area contributed by atoms with E-state index in [1.54, 1.807) is 17.2 Å². The maximum atomic E-state index is 13.4. The Morgan fingerprint density at radius 1 is 1.42 bits per heavy atom. The van der Waals surface area contributed by atoms with Gasteiger partial charge in [0.15, 0.2) is 4.47 Å². The molecule has 1 aliphatic heterocycles. The highest BCUT2D eigenvalue weighted by atomic mass is 35.5. The molecule has 1 aliphatic rings. The van der Waals surface area contributed by atoms with E-state index >= 15 is 0 Å². The Kier molecular flexibility index (Phi) is 3.24. The molecule has 0 atom stereocenters. The molecule has 0 fully saturated rings. The Hall–Kier alpha value is -1.46. The number of rotatable bonds is 2. The molecular weight excluding hydrogens is 287 g/mol. The highest BCUT2D eigenvalue weighted by Gasteiger charge is 2.25. The predicted octanol–water partition coefficient (Wildman–Crippen LogP) is 3.42. The molecule has 19 heavy (non-hydrogen) atoms. The van der Waals surface area contributed by atoms with Gasteiger partial charge in [-0.05, 0) is 24.1 Å². The summed E-state index contributed by atoms with van der Waals surface area (Å²) in [7, 11) is 0. The van der Waals surface area contributed by atoms with Crippen molar-refractivity contribution in [2.45, 2.75) is 19.4 Å². The number of aromatic nitrogens is 1. The number of amides is 1. The summed E-state index contributed by atoms with van der Waals surface area (Å²) in [6.45, 7) is 0.389. The van der Waals surface area contributed by atoms with Crippen molar-refractivity contribution in [3.05, 3.63) is 45.1 Å². The highest BCUT2D eigenvalue weighted by Crippen LogP contribution is 2.31. The lowest BCUT2D eigenvalue weighted by molar-refractivity contribution is -0.119. The van der Waals surface area contributed by atoms with Crippen molar-refractivity contribution in [1.29, 1.82) is 0 Å². The fourth-order valence-electron chi connectivity index (χ4n) is 2.20. The molecule has 0 aliphatic carbocycles. The number of hydrogen-bond donors (Lipinski definition) is 0. The number of aryl methyl sites for hydroxylation is 1. The molecule has 98 valence electrons. The summed E-state index contributed by atoms with van der Waals surface area (Å²) in [6.07, 6.45) is 2.76. The Balaban J connectivity index is 1.96. The Bertz CT molecular complexity index is 643. The van der Waals surface area contributed by atoms with Crippen molar-refractivity contribution in [2.75, 3.05) is 4.90 Å². The molecule has 1 amide bonds. The lowest BCUT2D eigenvalue weighted by Gasteiger charge is -2.28. The summed E-state index contributed by atoms with van der Waals surface area (Å²) in [5, 5.41) is 0. The van der Waals surface area contributed by atoms with Gasteiger partial charge in [0.05, 0.1) is 12.2 Å². The van der Waals surface area contributed by atoms with Crippen molar-refractivity contribution >= 4 is 34.5 Å². The molecule has 0 saturated heterocycles. The van der Waals surface area contributed by atoms with Crippen LogP contribution in [0.15, 0.2) is 24.4 Å². The van der Waals surface area contributed by atoms with Crippen LogP contribution in [0.25, 0.3) is 0 Å². The zero-order valence-corrected chi connectivity index (χ0v) is 11.5. The normalized spacial score (nSPS) is 14.6. The molecule has 0 N–H and O–H groups in total. The van der Waals surface area contributed by atoms with E-state index in [0.717, 1.165) is 10.4 Å². The van der Waals surface area contributed by atoms with Crippen LogP contribution in [0.4, 0.5) is 10.1 Å². The fourth-order valence-corrected chi connectivity index (χ4v) is 3.16. The van der Waals surface area contributed by atoms with Gasteiger partial charge < -0.3 is 4.90 Å². The van der Waals surface area contributed by atoms with E-state index in [2.05, 4.69) is 4.98 Å². The van der Waals surface area contributed by atoms with Gasteiger partial charge in [0.1, 0.15) is 5.82 Å². The highest BCUT2D eigenvalue weighted by molar-refractivity contribution is 7.15. The van der Waals surface area contributed by atoms with Crippen LogP contribution >= 0.6 is 22.9 Å². The van der Waals surface area contributed by atoms with Gasteiger partial charge in [-0.1, -0.05) is 17.7 Å². The van der Waals surface area contributed by atoms with Crippen LogP contribution in [0.2, 0.25) is 4.47 Å². The second kappa shape index (κ2) is 4.90. The molecule has 2 aromatic rings. The zero-order valence-electron chi connectivity index (χ0n) is 9.90. The minimum Gasteiger partial charge on any atom is -0.307 e. The molecular formula is C13H10ClFN2OS. The molecule has 6 heteroatoms. The second-order valence-corrected chi connectivity index (χ2v) is 6.03. The first-order chi connectivity index (χ1) is 9.13. The zero-order chi connectivity index (χ0) is 13.4. The number of thiazole rings is 1. The number of halogens is 2. The van der Waals surface area contributed by atoms with Crippen molar-refractivity contribution in [2.24, 2.45) is 0 Å². The van der Waals surface area contributed by atoms with E-state index in [9.17, 15) is 9.18 Å². The molecule has 0 unspecified atom stereocenters. The molecule has 3 rings (SSSR count). The topological polar surface area (TPSA) is 33.2 Å². The van der Waals surface area contributed by atoms with E-state index in [4.69, 9.17) is 11.6 Å². The third-order valence-electron chi connectivity index (χ3n) is 3.09. The second-order valence-electron chi connectivity index (χ2n) is 4.33. The Labute approximate surface area is 118 Å². The van der Waals surface area contributed by atoms with Crippen LogP contribution in [0.5, 0.6) is 0 Å².